The summed E-state index contributed by atoms with van der Waals surface area (Å²) >= 11 is 3.18. The highest BCUT2D eigenvalue weighted by Crippen LogP contribution is 2.34. The van der Waals surface area contributed by atoms with Gasteiger partial charge in [0.1, 0.15) is 28.7 Å². The Hall–Kier alpha value is -2.13. The number of aromatic amines is 1. The van der Waals surface area contributed by atoms with Crippen LogP contribution in [0.2, 0.25) is 0 Å². The van der Waals surface area contributed by atoms with Gasteiger partial charge in [-0.05, 0) is 31.7 Å². The zero-order valence-electron chi connectivity index (χ0n) is 14.9. The molecule has 0 fully saturated rings. The van der Waals surface area contributed by atoms with E-state index in [1.165, 1.54) is 10.4 Å². The van der Waals surface area contributed by atoms with Crippen LogP contribution in [0.3, 0.4) is 0 Å². The Morgan fingerprint density at radius 1 is 1.44 bits per heavy atom. The molecule has 3 heterocycles. The molecule has 0 saturated heterocycles. The van der Waals surface area contributed by atoms with E-state index >= 15 is 0 Å². The van der Waals surface area contributed by atoms with Gasteiger partial charge in [-0.3, -0.25) is 9.59 Å². The Morgan fingerprint density at radius 3 is 3.15 bits per heavy atom. The highest BCUT2D eigenvalue weighted by atomic mass is 32.2. The molecule has 0 saturated carbocycles. The molecule has 1 aliphatic rings. The number of rotatable bonds is 7. The smallest absolute Gasteiger partial charge is 0.307 e. The highest BCUT2D eigenvalue weighted by Gasteiger charge is 2.21. The molecule has 27 heavy (non-hydrogen) atoms. The van der Waals surface area contributed by atoms with Crippen molar-refractivity contribution in [2.24, 2.45) is 0 Å². The van der Waals surface area contributed by atoms with Crippen molar-refractivity contribution in [2.75, 3.05) is 5.75 Å². The van der Waals surface area contributed by atoms with E-state index in [-0.39, 0.29) is 18.1 Å². The number of ether oxygens (including phenoxy) is 1. The van der Waals surface area contributed by atoms with Crippen LogP contribution < -0.4 is 5.56 Å². The SMILES string of the molecule is Cc1cc(COC(=O)CCSCc2nc3sc4c(c3c(=O)[nH]2)CCC4)no1. The van der Waals surface area contributed by atoms with Crippen LogP contribution in [-0.2, 0) is 34.7 Å². The minimum Gasteiger partial charge on any atom is -0.459 e. The summed E-state index contributed by atoms with van der Waals surface area (Å²) < 4.78 is 10.1. The van der Waals surface area contributed by atoms with Crippen molar-refractivity contribution >= 4 is 39.3 Å². The molecule has 3 aromatic rings. The Bertz CT molecular complexity index is 1040. The maximum Gasteiger partial charge on any atom is 0.307 e. The third-order valence-corrected chi connectivity index (χ3v) is 6.53. The average molecular weight is 406 g/mol. The van der Waals surface area contributed by atoms with E-state index in [0.29, 0.717) is 35.2 Å². The number of esters is 1. The van der Waals surface area contributed by atoms with Crippen LogP contribution in [0.15, 0.2) is 15.4 Å². The predicted octanol–water partition coefficient (Wildman–Crippen LogP) is 3.14. The number of fused-ring (bicyclic) bond motifs is 3. The number of nitrogens with one attached hydrogen (secondary N) is 1. The van der Waals surface area contributed by atoms with Gasteiger partial charge in [0.15, 0.2) is 0 Å². The van der Waals surface area contributed by atoms with Gasteiger partial charge in [0.2, 0.25) is 0 Å². The topological polar surface area (TPSA) is 98.1 Å². The summed E-state index contributed by atoms with van der Waals surface area (Å²) in [6.45, 7) is 1.91. The van der Waals surface area contributed by atoms with Crippen LogP contribution in [0, 0.1) is 6.92 Å². The molecule has 0 aliphatic heterocycles. The second-order valence-corrected chi connectivity index (χ2v) is 8.63. The molecule has 0 spiro atoms. The van der Waals surface area contributed by atoms with E-state index < -0.39 is 0 Å². The van der Waals surface area contributed by atoms with Gasteiger partial charge in [-0.15, -0.1) is 11.3 Å². The number of thiophene rings is 1. The van der Waals surface area contributed by atoms with Crippen LogP contribution in [0.5, 0.6) is 0 Å². The molecule has 0 amide bonds. The fourth-order valence-electron chi connectivity index (χ4n) is 3.15. The Labute approximate surface area is 163 Å². The number of hydrogen-bond acceptors (Lipinski definition) is 8. The highest BCUT2D eigenvalue weighted by molar-refractivity contribution is 7.98. The molecule has 4 rings (SSSR count). The van der Waals surface area contributed by atoms with Gasteiger partial charge in [-0.25, -0.2) is 4.98 Å². The first-order valence-corrected chi connectivity index (χ1v) is 10.8. The molecule has 0 aromatic carbocycles. The van der Waals surface area contributed by atoms with Gasteiger partial charge in [0.05, 0.1) is 17.6 Å². The standard InChI is InChI=1S/C18H19N3O4S2/c1-10-7-11(21-25-10)8-24-15(22)5-6-26-9-14-19-17(23)16-12-3-2-4-13(12)27-18(16)20-14/h7H,2-6,8-9H2,1H3,(H,19,20,23). The average Bonchev–Trinajstić information content (AvgIpc) is 3.32. The van der Waals surface area contributed by atoms with E-state index in [2.05, 4.69) is 15.1 Å². The Kier molecular flexibility index (Phi) is 5.31. The molecule has 0 radical (unpaired) electrons. The number of hydrogen-bond donors (Lipinski definition) is 1. The van der Waals surface area contributed by atoms with Crippen LogP contribution in [0.1, 0.15) is 40.6 Å². The molecule has 0 bridgehead atoms. The van der Waals surface area contributed by atoms with Gasteiger partial charge in [0, 0.05) is 16.7 Å². The minimum atomic E-state index is -0.283. The molecule has 0 unspecified atom stereocenters. The van der Waals surface area contributed by atoms with Crippen LogP contribution in [-0.4, -0.2) is 26.8 Å². The van der Waals surface area contributed by atoms with E-state index in [0.717, 1.165) is 29.5 Å². The quantitative estimate of drug-likeness (QED) is 0.476. The Balaban J connectivity index is 1.27. The zero-order valence-corrected chi connectivity index (χ0v) is 16.5. The van der Waals surface area contributed by atoms with Crippen molar-refractivity contribution in [3.63, 3.8) is 0 Å². The number of carbonyl (C=O) groups excluding carboxylic acids is 1. The van der Waals surface area contributed by atoms with Gasteiger partial charge in [-0.2, -0.15) is 11.8 Å². The molecule has 1 N–H and O–H groups in total. The number of thioether (sulfide) groups is 1. The van der Waals surface area contributed by atoms with Gasteiger partial charge in [-0.1, -0.05) is 5.16 Å². The lowest BCUT2D eigenvalue weighted by Gasteiger charge is -2.03. The summed E-state index contributed by atoms with van der Waals surface area (Å²) in [5.41, 5.74) is 1.75. The lowest BCUT2D eigenvalue weighted by molar-refractivity contribution is -0.144. The lowest BCUT2D eigenvalue weighted by Crippen LogP contribution is -2.11. The minimum absolute atomic E-state index is 0.0442. The van der Waals surface area contributed by atoms with Gasteiger partial charge in [0.25, 0.3) is 5.56 Å². The number of aromatic nitrogens is 3. The first kappa shape index (κ1) is 18.2. The van der Waals surface area contributed by atoms with Crippen molar-refractivity contribution in [2.45, 2.75) is 45.0 Å². The number of aryl methyl sites for hydroxylation is 3. The molecule has 9 heteroatoms. The van der Waals surface area contributed by atoms with Crippen molar-refractivity contribution in [1.29, 1.82) is 0 Å². The third-order valence-electron chi connectivity index (χ3n) is 4.37. The summed E-state index contributed by atoms with van der Waals surface area (Å²) in [6.07, 6.45) is 3.45. The number of H-pyrrole nitrogens is 1. The van der Waals surface area contributed by atoms with Crippen LogP contribution >= 0.6 is 23.1 Å². The van der Waals surface area contributed by atoms with Crippen molar-refractivity contribution < 1.29 is 14.1 Å². The normalized spacial score (nSPS) is 13.2. The molecule has 0 atom stereocenters. The van der Waals surface area contributed by atoms with E-state index in [9.17, 15) is 9.59 Å². The summed E-state index contributed by atoms with van der Waals surface area (Å²) in [6, 6.07) is 1.74. The van der Waals surface area contributed by atoms with Crippen molar-refractivity contribution in [1.82, 2.24) is 15.1 Å². The Morgan fingerprint density at radius 2 is 2.33 bits per heavy atom. The molecule has 1 aliphatic carbocycles. The fourth-order valence-corrected chi connectivity index (χ4v) is 5.22. The summed E-state index contributed by atoms with van der Waals surface area (Å²) in [4.78, 5) is 33.8. The van der Waals surface area contributed by atoms with Crippen molar-refractivity contribution in [3.8, 4) is 0 Å². The van der Waals surface area contributed by atoms with Gasteiger partial charge >= 0.3 is 5.97 Å². The number of carbonyl (C=O) groups is 1. The van der Waals surface area contributed by atoms with Crippen LogP contribution in [0.4, 0.5) is 0 Å². The second-order valence-electron chi connectivity index (χ2n) is 6.44. The third kappa shape index (κ3) is 4.08. The van der Waals surface area contributed by atoms with Crippen molar-refractivity contribution in [3.05, 3.63) is 44.1 Å². The first-order chi connectivity index (χ1) is 13.1. The predicted molar refractivity (Wildman–Crippen MR) is 104 cm³/mol. The summed E-state index contributed by atoms with van der Waals surface area (Å²) in [5, 5.41) is 4.55. The van der Waals surface area contributed by atoms with Crippen LogP contribution in [0.25, 0.3) is 10.2 Å². The van der Waals surface area contributed by atoms with E-state index in [4.69, 9.17) is 9.26 Å². The maximum absolute atomic E-state index is 12.4. The molecule has 7 nitrogen and oxygen atoms in total. The maximum atomic E-state index is 12.4. The first-order valence-electron chi connectivity index (χ1n) is 8.79. The number of nitrogens with zero attached hydrogens (tertiary/aromatic N) is 2. The molecule has 3 aromatic heterocycles. The second kappa shape index (κ2) is 7.85. The fraction of sp³-hybridized carbons (Fsp3) is 0.444. The molecule has 142 valence electrons. The molecular formula is C18H19N3O4S2. The zero-order chi connectivity index (χ0) is 18.8. The van der Waals surface area contributed by atoms with E-state index in [1.54, 1.807) is 36.1 Å². The summed E-state index contributed by atoms with van der Waals surface area (Å²) in [5.74, 6) is 2.22. The summed E-state index contributed by atoms with van der Waals surface area (Å²) in [7, 11) is 0. The molecular weight excluding hydrogens is 386 g/mol. The largest absolute Gasteiger partial charge is 0.459 e. The lowest BCUT2D eigenvalue weighted by atomic mass is 10.2. The monoisotopic (exact) mass is 405 g/mol. The van der Waals surface area contributed by atoms with E-state index in [1.807, 2.05) is 0 Å². The van der Waals surface area contributed by atoms with Gasteiger partial charge < -0.3 is 14.2 Å².